The molecule has 7 nitrogen and oxygen atoms in total. The monoisotopic (exact) mass is 406 g/mol. The highest BCUT2D eigenvalue weighted by molar-refractivity contribution is 6.32. The second kappa shape index (κ2) is 9.38. The van der Waals surface area contributed by atoms with E-state index in [4.69, 9.17) is 36.3 Å². The Kier molecular flexibility index (Phi) is 7.18. The molecule has 0 saturated heterocycles. The summed E-state index contributed by atoms with van der Waals surface area (Å²) in [5.74, 6) is -0.410. The van der Waals surface area contributed by atoms with Gasteiger partial charge in [-0.25, -0.2) is 4.79 Å². The molecule has 2 rings (SSSR count). The van der Waals surface area contributed by atoms with Gasteiger partial charge in [-0.05, 0) is 38.0 Å². The highest BCUT2D eigenvalue weighted by atomic mass is 35.5. The number of halogens is 1. The van der Waals surface area contributed by atoms with Crippen molar-refractivity contribution < 1.29 is 23.7 Å². The number of carbonyl (C=O) groups is 1. The SMILES string of the molecule is CCCOc1c(Cl)cc(C2C(C#N)=C(N)OC(C)=C2C(=O)OCC)cc1OC. The minimum Gasteiger partial charge on any atom is -0.493 e. The quantitative estimate of drug-likeness (QED) is 0.687. The zero-order valence-corrected chi connectivity index (χ0v) is 17.1. The number of nitrogens with zero attached hydrogens (tertiary/aromatic N) is 1. The van der Waals surface area contributed by atoms with E-state index in [-0.39, 0.29) is 29.4 Å². The van der Waals surface area contributed by atoms with Crippen molar-refractivity contribution >= 4 is 17.6 Å². The fourth-order valence-corrected chi connectivity index (χ4v) is 3.21. The van der Waals surface area contributed by atoms with E-state index >= 15 is 0 Å². The number of nitrogens with two attached hydrogens (primary N) is 1. The maximum Gasteiger partial charge on any atom is 0.338 e. The minimum absolute atomic E-state index is 0.0700. The zero-order valence-electron chi connectivity index (χ0n) is 16.3. The van der Waals surface area contributed by atoms with Gasteiger partial charge in [-0.3, -0.25) is 0 Å². The number of allylic oxidation sites excluding steroid dienone is 2. The van der Waals surface area contributed by atoms with E-state index in [1.807, 2.05) is 13.0 Å². The molecule has 0 aromatic heterocycles. The van der Waals surface area contributed by atoms with Crippen LogP contribution in [0.3, 0.4) is 0 Å². The van der Waals surface area contributed by atoms with E-state index < -0.39 is 11.9 Å². The van der Waals surface area contributed by atoms with E-state index in [0.717, 1.165) is 6.42 Å². The first-order valence-electron chi connectivity index (χ1n) is 8.85. The number of hydrogen-bond acceptors (Lipinski definition) is 7. The van der Waals surface area contributed by atoms with Gasteiger partial charge in [0.2, 0.25) is 5.88 Å². The van der Waals surface area contributed by atoms with Gasteiger partial charge in [0.1, 0.15) is 17.4 Å². The minimum atomic E-state index is -0.801. The van der Waals surface area contributed by atoms with Gasteiger partial charge in [0.25, 0.3) is 0 Å². The number of benzene rings is 1. The fraction of sp³-hybridized carbons (Fsp3) is 0.400. The largest absolute Gasteiger partial charge is 0.493 e. The van der Waals surface area contributed by atoms with Crippen molar-refractivity contribution in [3.8, 4) is 17.6 Å². The van der Waals surface area contributed by atoms with Crippen LogP contribution in [0.5, 0.6) is 11.5 Å². The smallest absolute Gasteiger partial charge is 0.338 e. The lowest BCUT2D eigenvalue weighted by atomic mass is 9.83. The van der Waals surface area contributed by atoms with Crippen molar-refractivity contribution in [3.05, 3.63) is 45.5 Å². The van der Waals surface area contributed by atoms with Crippen LogP contribution in [0.2, 0.25) is 5.02 Å². The van der Waals surface area contributed by atoms with Crippen molar-refractivity contribution in [2.75, 3.05) is 20.3 Å². The average molecular weight is 407 g/mol. The molecule has 1 aliphatic heterocycles. The van der Waals surface area contributed by atoms with Crippen LogP contribution in [-0.4, -0.2) is 26.3 Å². The maximum absolute atomic E-state index is 12.6. The number of esters is 1. The van der Waals surface area contributed by atoms with Crippen LogP contribution in [0.4, 0.5) is 0 Å². The summed E-state index contributed by atoms with van der Waals surface area (Å²) >= 11 is 6.42. The fourth-order valence-electron chi connectivity index (χ4n) is 2.94. The number of nitriles is 1. The third kappa shape index (κ3) is 4.18. The molecule has 1 atom stereocenters. The molecule has 1 aliphatic rings. The second-order valence-electron chi connectivity index (χ2n) is 6.00. The normalized spacial score (nSPS) is 16.4. The van der Waals surface area contributed by atoms with Crippen molar-refractivity contribution in [1.82, 2.24) is 0 Å². The Morgan fingerprint density at radius 2 is 2.11 bits per heavy atom. The number of rotatable bonds is 7. The van der Waals surface area contributed by atoms with Crippen molar-refractivity contribution in [2.45, 2.75) is 33.1 Å². The van der Waals surface area contributed by atoms with Crippen LogP contribution in [0, 0.1) is 11.3 Å². The van der Waals surface area contributed by atoms with Gasteiger partial charge >= 0.3 is 5.97 Å². The topological polar surface area (TPSA) is 104 Å². The molecule has 8 heteroatoms. The number of methoxy groups -OCH3 is 1. The zero-order chi connectivity index (χ0) is 20.8. The Hall–Kier alpha value is -2.85. The Morgan fingerprint density at radius 1 is 1.39 bits per heavy atom. The van der Waals surface area contributed by atoms with E-state index in [1.165, 1.54) is 7.11 Å². The predicted molar refractivity (Wildman–Crippen MR) is 104 cm³/mol. The third-order valence-electron chi connectivity index (χ3n) is 4.14. The highest BCUT2D eigenvalue weighted by Gasteiger charge is 2.37. The summed E-state index contributed by atoms with van der Waals surface area (Å²) in [5, 5.41) is 9.94. The molecule has 150 valence electrons. The summed E-state index contributed by atoms with van der Waals surface area (Å²) < 4.78 is 21.7. The lowest BCUT2D eigenvalue weighted by Gasteiger charge is -2.27. The first-order valence-corrected chi connectivity index (χ1v) is 9.22. The molecule has 1 unspecified atom stereocenters. The van der Waals surface area contributed by atoms with Crippen LogP contribution >= 0.6 is 11.6 Å². The Labute approximate surface area is 169 Å². The van der Waals surface area contributed by atoms with Gasteiger partial charge < -0.3 is 24.7 Å². The van der Waals surface area contributed by atoms with Gasteiger partial charge in [0, 0.05) is 0 Å². The summed E-state index contributed by atoms with van der Waals surface area (Å²) in [6, 6.07) is 5.33. The van der Waals surface area contributed by atoms with Crippen LogP contribution in [0.25, 0.3) is 0 Å². The second-order valence-corrected chi connectivity index (χ2v) is 6.40. The van der Waals surface area contributed by atoms with Crippen molar-refractivity contribution in [1.29, 1.82) is 5.26 Å². The Balaban J connectivity index is 2.66. The molecule has 0 spiro atoms. The van der Waals surface area contributed by atoms with Gasteiger partial charge in [0.05, 0.1) is 36.8 Å². The molecule has 0 bridgehead atoms. The first kappa shape index (κ1) is 21.5. The van der Waals surface area contributed by atoms with Crippen LogP contribution in [-0.2, 0) is 14.3 Å². The predicted octanol–water partition coefficient (Wildman–Crippen LogP) is 3.78. The van der Waals surface area contributed by atoms with Gasteiger partial charge in [-0.15, -0.1) is 0 Å². The van der Waals surface area contributed by atoms with Gasteiger partial charge in [0.15, 0.2) is 11.5 Å². The molecule has 1 heterocycles. The first-order chi connectivity index (χ1) is 13.4. The molecule has 0 amide bonds. The number of ether oxygens (including phenoxy) is 4. The Morgan fingerprint density at radius 3 is 2.68 bits per heavy atom. The van der Waals surface area contributed by atoms with E-state index in [9.17, 15) is 10.1 Å². The van der Waals surface area contributed by atoms with Gasteiger partial charge in [-0.2, -0.15) is 5.26 Å². The molecule has 0 radical (unpaired) electrons. The van der Waals surface area contributed by atoms with Crippen LogP contribution in [0.1, 0.15) is 38.7 Å². The molecule has 2 N–H and O–H groups in total. The van der Waals surface area contributed by atoms with E-state index in [0.29, 0.717) is 28.7 Å². The summed E-state index contributed by atoms with van der Waals surface area (Å²) in [4.78, 5) is 12.6. The van der Waals surface area contributed by atoms with E-state index in [2.05, 4.69) is 0 Å². The molecule has 1 aromatic carbocycles. The molecular weight excluding hydrogens is 384 g/mol. The number of hydrogen-bond donors (Lipinski definition) is 1. The van der Waals surface area contributed by atoms with Gasteiger partial charge in [-0.1, -0.05) is 18.5 Å². The summed E-state index contributed by atoms with van der Waals surface area (Å²) in [5.41, 5.74) is 6.73. The lowest BCUT2D eigenvalue weighted by Crippen LogP contribution is -2.25. The molecule has 0 fully saturated rings. The summed E-state index contributed by atoms with van der Waals surface area (Å²) in [7, 11) is 1.49. The lowest BCUT2D eigenvalue weighted by molar-refractivity contribution is -0.139. The average Bonchev–Trinajstić information content (AvgIpc) is 2.66. The molecule has 1 aromatic rings. The molecular formula is C20H23ClN2O5. The van der Waals surface area contributed by atoms with Crippen molar-refractivity contribution in [2.24, 2.45) is 5.73 Å². The van der Waals surface area contributed by atoms with Crippen LogP contribution < -0.4 is 15.2 Å². The van der Waals surface area contributed by atoms with Crippen molar-refractivity contribution in [3.63, 3.8) is 0 Å². The standard InChI is InChI=1S/C20H23ClN2O5/c1-5-7-27-18-14(21)8-12(9-15(18)25-4)17-13(10-22)19(23)28-11(3)16(17)20(24)26-6-2/h8-9,17H,5-7,23H2,1-4H3. The molecule has 0 aliphatic carbocycles. The van der Waals surface area contributed by atoms with E-state index in [1.54, 1.807) is 26.0 Å². The molecule has 0 saturated carbocycles. The summed E-state index contributed by atoms with van der Waals surface area (Å²) in [6.45, 7) is 5.91. The number of carbonyl (C=O) groups excluding carboxylic acids is 1. The van der Waals surface area contributed by atoms with Crippen LogP contribution in [0.15, 0.2) is 34.9 Å². The highest BCUT2D eigenvalue weighted by Crippen LogP contribution is 2.44. The third-order valence-corrected chi connectivity index (χ3v) is 4.42. The summed E-state index contributed by atoms with van der Waals surface area (Å²) in [6.07, 6.45) is 0.800. The Bertz CT molecular complexity index is 870. The maximum atomic E-state index is 12.6. The molecule has 28 heavy (non-hydrogen) atoms.